The molecular weight excluding hydrogens is 248 g/mol. The Morgan fingerprint density at radius 1 is 1.15 bits per heavy atom. The van der Waals surface area contributed by atoms with Crippen molar-refractivity contribution in [3.05, 3.63) is 42.6 Å². The van der Waals surface area contributed by atoms with Crippen molar-refractivity contribution >= 4 is 0 Å². The molecule has 0 fully saturated rings. The van der Waals surface area contributed by atoms with E-state index in [1.54, 1.807) is 0 Å². The van der Waals surface area contributed by atoms with E-state index < -0.39 is 0 Å². The van der Waals surface area contributed by atoms with Crippen LogP contribution in [0.15, 0.2) is 24.3 Å². The molecule has 0 aliphatic heterocycles. The number of nitrogens with zero attached hydrogens (tertiary/aromatic N) is 4. The standard InChI is InChI=1S/C16H23N4/c1-4-5-6-7-10-14-11-8-9-12-15(14)20-16(13(2)3)17-18-19-20/h8-9,11-13H,1,4-7,10H2,2-3H3. The van der Waals surface area contributed by atoms with Crippen molar-refractivity contribution < 1.29 is 0 Å². The van der Waals surface area contributed by atoms with Gasteiger partial charge in [-0.2, -0.15) is 4.68 Å². The van der Waals surface area contributed by atoms with Gasteiger partial charge in [0.05, 0.1) is 5.69 Å². The molecule has 1 aromatic carbocycles. The molecule has 0 aliphatic carbocycles. The lowest BCUT2D eigenvalue weighted by atomic mass is 10.0. The highest BCUT2D eigenvalue weighted by atomic mass is 15.5. The van der Waals surface area contributed by atoms with Crippen molar-refractivity contribution in [1.29, 1.82) is 0 Å². The normalized spacial score (nSPS) is 11.2. The summed E-state index contributed by atoms with van der Waals surface area (Å²) in [6, 6.07) is 8.39. The second kappa shape index (κ2) is 7.17. The van der Waals surface area contributed by atoms with Crippen molar-refractivity contribution in [2.75, 3.05) is 0 Å². The summed E-state index contributed by atoms with van der Waals surface area (Å²) in [7, 11) is 0. The highest BCUT2D eigenvalue weighted by molar-refractivity contribution is 5.40. The van der Waals surface area contributed by atoms with E-state index in [1.165, 1.54) is 24.8 Å². The van der Waals surface area contributed by atoms with Crippen LogP contribution < -0.4 is 0 Å². The van der Waals surface area contributed by atoms with Crippen molar-refractivity contribution in [2.24, 2.45) is 0 Å². The second-order valence-corrected chi connectivity index (χ2v) is 5.40. The van der Waals surface area contributed by atoms with E-state index in [4.69, 9.17) is 0 Å². The van der Waals surface area contributed by atoms with E-state index in [0.29, 0.717) is 5.92 Å². The number of benzene rings is 1. The number of aryl methyl sites for hydroxylation is 1. The molecule has 0 spiro atoms. The Morgan fingerprint density at radius 2 is 1.95 bits per heavy atom. The maximum absolute atomic E-state index is 4.16. The molecule has 0 amide bonds. The van der Waals surface area contributed by atoms with Gasteiger partial charge in [0.15, 0.2) is 5.82 Å². The summed E-state index contributed by atoms with van der Waals surface area (Å²) in [6.07, 6.45) is 5.69. The van der Waals surface area contributed by atoms with E-state index in [9.17, 15) is 0 Å². The van der Waals surface area contributed by atoms with Crippen molar-refractivity contribution in [2.45, 2.75) is 51.9 Å². The van der Waals surface area contributed by atoms with E-state index in [1.807, 2.05) is 10.7 Å². The predicted octanol–water partition coefficient (Wildman–Crippen LogP) is 3.72. The van der Waals surface area contributed by atoms with Crippen molar-refractivity contribution in [3.63, 3.8) is 0 Å². The van der Waals surface area contributed by atoms with Crippen LogP contribution in [-0.4, -0.2) is 20.2 Å². The van der Waals surface area contributed by atoms with Gasteiger partial charge in [0.25, 0.3) is 0 Å². The van der Waals surface area contributed by atoms with Gasteiger partial charge in [-0.05, 0) is 34.9 Å². The van der Waals surface area contributed by atoms with Crippen molar-refractivity contribution in [1.82, 2.24) is 20.2 Å². The Morgan fingerprint density at radius 3 is 2.70 bits per heavy atom. The third-order valence-electron chi connectivity index (χ3n) is 3.43. The van der Waals surface area contributed by atoms with Gasteiger partial charge >= 0.3 is 0 Å². The van der Waals surface area contributed by atoms with Crippen LogP contribution in [0.1, 0.15) is 56.8 Å². The molecule has 0 bridgehead atoms. The Kier molecular flexibility index (Phi) is 5.27. The van der Waals surface area contributed by atoms with Gasteiger partial charge in [-0.25, -0.2) is 0 Å². The molecule has 0 aliphatic rings. The summed E-state index contributed by atoms with van der Waals surface area (Å²) in [4.78, 5) is 0. The van der Waals surface area contributed by atoms with Gasteiger partial charge in [-0.15, -0.1) is 5.10 Å². The number of para-hydroxylation sites is 1. The quantitative estimate of drug-likeness (QED) is 0.721. The molecule has 107 valence electrons. The number of aromatic nitrogens is 4. The minimum Gasteiger partial charge on any atom is -0.197 e. The zero-order valence-electron chi connectivity index (χ0n) is 12.4. The largest absolute Gasteiger partial charge is 0.197 e. The smallest absolute Gasteiger partial charge is 0.159 e. The van der Waals surface area contributed by atoms with Crippen LogP contribution in [0, 0.1) is 6.92 Å². The van der Waals surface area contributed by atoms with E-state index in [2.05, 4.69) is 54.5 Å². The summed E-state index contributed by atoms with van der Waals surface area (Å²) in [5.74, 6) is 1.22. The third kappa shape index (κ3) is 3.44. The highest BCUT2D eigenvalue weighted by Gasteiger charge is 2.14. The molecule has 1 aromatic heterocycles. The molecular formula is C16H23N4. The molecule has 1 heterocycles. The van der Waals surface area contributed by atoms with Crippen LogP contribution in [0.5, 0.6) is 0 Å². The number of unbranched alkanes of at least 4 members (excludes halogenated alkanes) is 3. The number of hydrogen-bond acceptors (Lipinski definition) is 3. The summed E-state index contributed by atoms with van der Waals surface area (Å²) in [5.41, 5.74) is 2.42. The number of rotatable bonds is 7. The highest BCUT2D eigenvalue weighted by Crippen LogP contribution is 2.20. The van der Waals surface area contributed by atoms with E-state index >= 15 is 0 Å². The molecule has 20 heavy (non-hydrogen) atoms. The summed E-state index contributed by atoms with van der Waals surface area (Å²) in [5, 5.41) is 12.1. The van der Waals surface area contributed by atoms with Gasteiger partial charge in [0.2, 0.25) is 0 Å². The molecule has 0 saturated carbocycles. The number of hydrogen-bond donors (Lipinski definition) is 0. The Bertz CT molecular complexity index is 531. The monoisotopic (exact) mass is 271 g/mol. The fraction of sp³-hybridized carbons (Fsp3) is 0.500. The molecule has 0 N–H and O–H groups in total. The fourth-order valence-corrected chi connectivity index (χ4v) is 2.32. The lowest BCUT2D eigenvalue weighted by molar-refractivity contribution is 0.671. The Hall–Kier alpha value is -1.71. The zero-order chi connectivity index (χ0) is 14.4. The third-order valence-corrected chi connectivity index (χ3v) is 3.43. The average Bonchev–Trinajstić information content (AvgIpc) is 2.93. The van der Waals surface area contributed by atoms with E-state index in [0.717, 1.165) is 24.4 Å². The van der Waals surface area contributed by atoms with Crippen LogP contribution in [-0.2, 0) is 6.42 Å². The Balaban J connectivity index is 2.21. The molecule has 2 rings (SSSR count). The van der Waals surface area contributed by atoms with Gasteiger partial charge in [-0.3, -0.25) is 0 Å². The predicted molar refractivity (Wildman–Crippen MR) is 80.8 cm³/mol. The first-order valence-corrected chi connectivity index (χ1v) is 7.40. The first kappa shape index (κ1) is 14.7. The van der Waals surface area contributed by atoms with Crippen LogP contribution >= 0.6 is 0 Å². The Labute approximate surface area is 121 Å². The maximum atomic E-state index is 4.16. The maximum Gasteiger partial charge on any atom is 0.159 e. The lowest BCUT2D eigenvalue weighted by Gasteiger charge is -2.11. The molecule has 0 unspecified atom stereocenters. The summed E-state index contributed by atoms with van der Waals surface area (Å²) >= 11 is 0. The zero-order valence-corrected chi connectivity index (χ0v) is 12.4. The van der Waals surface area contributed by atoms with Crippen LogP contribution in [0.25, 0.3) is 5.69 Å². The first-order valence-electron chi connectivity index (χ1n) is 7.40. The molecule has 4 nitrogen and oxygen atoms in total. The lowest BCUT2D eigenvalue weighted by Crippen LogP contribution is -2.07. The summed E-state index contributed by atoms with van der Waals surface area (Å²) in [6.45, 7) is 8.11. The minimum absolute atomic E-state index is 0.309. The van der Waals surface area contributed by atoms with Gasteiger partial charge in [0, 0.05) is 5.92 Å². The minimum atomic E-state index is 0.309. The van der Waals surface area contributed by atoms with Crippen LogP contribution in [0.2, 0.25) is 0 Å². The molecule has 2 aromatic rings. The van der Waals surface area contributed by atoms with Crippen LogP contribution in [0.3, 0.4) is 0 Å². The second-order valence-electron chi connectivity index (χ2n) is 5.40. The summed E-state index contributed by atoms with van der Waals surface area (Å²) < 4.78 is 1.88. The van der Waals surface area contributed by atoms with E-state index in [-0.39, 0.29) is 0 Å². The molecule has 1 radical (unpaired) electrons. The van der Waals surface area contributed by atoms with Gasteiger partial charge < -0.3 is 0 Å². The topological polar surface area (TPSA) is 43.6 Å². The molecule has 0 saturated heterocycles. The van der Waals surface area contributed by atoms with Gasteiger partial charge in [0.1, 0.15) is 0 Å². The molecule has 4 heteroatoms. The van der Waals surface area contributed by atoms with Crippen LogP contribution in [0.4, 0.5) is 0 Å². The van der Waals surface area contributed by atoms with Gasteiger partial charge in [-0.1, -0.05) is 58.2 Å². The average molecular weight is 271 g/mol. The number of tetrazole rings is 1. The molecule has 0 atom stereocenters. The first-order chi connectivity index (χ1) is 9.74. The SMILES string of the molecule is [CH2]CCCCCc1ccccc1-n1nnnc1C(C)C. The fourth-order valence-electron chi connectivity index (χ4n) is 2.32. The van der Waals surface area contributed by atoms with Crippen molar-refractivity contribution in [3.8, 4) is 5.69 Å².